The number of aromatic nitrogens is 3. The molecule has 0 radical (unpaired) electrons. The van der Waals surface area contributed by atoms with Crippen LogP contribution in [0, 0.1) is 0 Å². The van der Waals surface area contributed by atoms with E-state index in [4.69, 9.17) is 9.84 Å². The lowest BCUT2D eigenvalue weighted by Crippen LogP contribution is -2.33. The van der Waals surface area contributed by atoms with Crippen molar-refractivity contribution in [3.8, 4) is 0 Å². The molecule has 3 aromatic rings. The summed E-state index contributed by atoms with van der Waals surface area (Å²) in [7, 11) is 0. The lowest BCUT2D eigenvalue weighted by atomic mass is 9.95. The number of hydrogen-bond acceptors (Lipinski definition) is 6. The largest absolute Gasteiger partial charge is 0.377 e. The van der Waals surface area contributed by atoms with Crippen molar-refractivity contribution in [1.82, 2.24) is 19.7 Å². The molecule has 164 valence electrons. The number of nitrogens with zero attached hydrogens (tertiary/aromatic N) is 4. The first-order chi connectivity index (χ1) is 15.3. The smallest absolute Gasteiger partial charge is 0.191 e. The Kier molecular flexibility index (Phi) is 7.04. The van der Waals surface area contributed by atoms with Crippen LogP contribution in [0.5, 0.6) is 0 Å². The summed E-state index contributed by atoms with van der Waals surface area (Å²) in [6.07, 6.45) is 4.99. The van der Waals surface area contributed by atoms with Crippen molar-refractivity contribution in [2.75, 3.05) is 25.4 Å². The monoisotopic (exact) mass is 454 g/mol. The minimum Gasteiger partial charge on any atom is -0.377 e. The highest BCUT2D eigenvalue weighted by atomic mass is 32.2. The third kappa shape index (κ3) is 5.40. The first-order valence-electron chi connectivity index (χ1n) is 11.3. The molecule has 0 saturated carbocycles. The highest BCUT2D eigenvalue weighted by molar-refractivity contribution is 7.99. The second-order valence-corrected chi connectivity index (χ2v) is 10.3. The van der Waals surface area contributed by atoms with E-state index in [1.54, 1.807) is 23.1 Å². The molecule has 2 aromatic heterocycles. The number of thioether (sulfide) groups is 1. The molecule has 0 amide bonds. The van der Waals surface area contributed by atoms with Crippen LogP contribution >= 0.6 is 23.1 Å². The van der Waals surface area contributed by atoms with Crippen molar-refractivity contribution >= 4 is 23.1 Å². The number of thiophene rings is 1. The second-order valence-electron chi connectivity index (χ2n) is 8.54. The van der Waals surface area contributed by atoms with E-state index < -0.39 is 0 Å². The minimum absolute atomic E-state index is 0.357. The molecule has 1 atom stereocenters. The summed E-state index contributed by atoms with van der Waals surface area (Å²) >= 11 is 3.59. The van der Waals surface area contributed by atoms with E-state index in [0.29, 0.717) is 12.0 Å². The lowest BCUT2D eigenvalue weighted by Gasteiger charge is -2.31. The van der Waals surface area contributed by atoms with Gasteiger partial charge in [0.15, 0.2) is 5.16 Å². The van der Waals surface area contributed by atoms with E-state index >= 15 is 0 Å². The molecule has 0 bridgehead atoms. The van der Waals surface area contributed by atoms with Gasteiger partial charge in [0.1, 0.15) is 5.82 Å². The summed E-state index contributed by atoms with van der Waals surface area (Å²) in [6.45, 7) is 5.05. The third-order valence-corrected chi connectivity index (χ3v) is 8.12. The fourth-order valence-corrected chi connectivity index (χ4v) is 6.23. The first kappa shape index (κ1) is 21.2. The summed E-state index contributed by atoms with van der Waals surface area (Å²) in [6, 6.07) is 12.9. The van der Waals surface area contributed by atoms with Crippen LogP contribution in [-0.2, 0) is 17.8 Å². The number of benzene rings is 1. The van der Waals surface area contributed by atoms with Gasteiger partial charge in [-0.1, -0.05) is 42.1 Å². The van der Waals surface area contributed by atoms with Crippen LogP contribution < -0.4 is 0 Å². The molecule has 5 rings (SSSR count). The van der Waals surface area contributed by atoms with Gasteiger partial charge < -0.3 is 9.30 Å². The number of ether oxygens (including phenoxy) is 1. The van der Waals surface area contributed by atoms with Gasteiger partial charge in [-0.15, -0.1) is 10.2 Å². The highest BCUT2D eigenvalue weighted by Crippen LogP contribution is 2.31. The van der Waals surface area contributed by atoms with Gasteiger partial charge in [0.2, 0.25) is 0 Å². The van der Waals surface area contributed by atoms with Gasteiger partial charge in [0.05, 0.1) is 12.6 Å². The van der Waals surface area contributed by atoms with Crippen molar-refractivity contribution in [1.29, 1.82) is 0 Å². The predicted octanol–water partition coefficient (Wildman–Crippen LogP) is 5.04. The second kappa shape index (κ2) is 10.3. The molecular formula is C24H30N4OS2. The maximum Gasteiger partial charge on any atom is 0.191 e. The Bertz CT molecular complexity index is 930. The SMILES string of the molecule is c1ccc(Cn2c(SC[C@H]3CCCO3)nnc2C2CCN(Cc3ccsc3)CC2)cc1. The van der Waals surface area contributed by atoms with Crippen LogP contribution in [-0.4, -0.2) is 51.2 Å². The van der Waals surface area contributed by atoms with Gasteiger partial charge in [0.25, 0.3) is 0 Å². The Morgan fingerprint density at radius 2 is 1.87 bits per heavy atom. The standard InChI is InChI=1S/C24H30N4OS2/c1-2-5-19(6-3-1)16-28-23(25-26-24(28)31-18-22-7-4-13-29-22)21-8-11-27(12-9-21)15-20-10-14-30-17-20/h1-3,5-6,10,14,17,21-22H,4,7-9,11-13,15-16,18H2/t22-/m1/s1. The van der Waals surface area contributed by atoms with Crippen LogP contribution in [0.3, 0.4) is 0 Å². The zero-order valence-corrected chi connectivity index (χ0v) is 19.5. The van der Waals surface area contributed by atoms with E-state index in [1.165, 1.54) is 17.5 Å². The summed E-state index contributed by atoms with van der Waals surface area (Å²) < 4.78 is 8.20. The predicted molar refractivity (Wildman–Crippen MR) is 127 cm³/mol. The van der Waals surface area contributed by atoms with Gasteiger partial charge >= 0.3 is 0 Å². The van der Waals surface area contributed by atoms with Crippen LogP contribution in [0.25, 0.3) is 0 Å². The molecule has 0 spiro atoms. The van der Waals surface area contributed by atoms with Crippen molar-refractivity contribution < 1.29 is 4.74 Å². The average Bonchev–Trinajstić information content (AvgIpc) is 3.57. The van der Waals surface area contributed by atoms with Gasteiger partial charge in [-0.25, -0.2) is 0 Å². The van der Waals surface area contributed by atoms with Gasteiger partial charge in [-0.3, -0.25) is 4.90 Å². The van der Waals surface area contributed by atoms with Crippen molar-refractivity contribution in [3.63, 3.8) is 0 Å². The van der Waals surface area contributed by atoms with E-state index in [2.05, 4.69) is 61.7 Å². The molecule has 0 aliphatic carbocycles. The number of hydrogen-bond donors (Lipinski definition) is 0. The molecule has 0 unspecified atom stereocenters. The molecular weight excluding hydrogens is 424 g/mol. The van der Waals surface area contributed by atoms with Crippen LogP contribution in [0.4, 0.5) is 0 Å². The van der Waals surface area contributed by atoms with Crippen LogP contribution in [0.2, 0.25) is 0 Å². The molecule has 4 heterocycles. The lowest BCUT2D eigenvalue weighted by molar-refractivity contribution is 0.129. The van der Waals surface area contributed by atoms with E-state index in [-0.39, 0.29) is 0 Å². The molecule has 2 saturated heterocycles. The third-order valence-electron chi connectivity index (χ3n) is 6.29. The Morgan fingerprint density at radius 1 is 1.00 bits per heavy atom. The Hall–Kier alpha value is -1.67. The van der Waals surface area contributed by atoms with Crippen molar-refractivity contribution in [2.24, 2.45) is 0 Å². The molecule has 0 N–H and O–H groups in total. The Morgan fingerprint density at radius 3 is 2.61 bits per heavy atom. The maximum absolute atomic E-state index is 5.83. The van der Waals surface area contributed by atoms with E-state index in [0.717, 1.165) is 68.8 Å². The van der Waals surface area contributed by atoms with Gasteiger partial charge in [-0.2, -0.15) is 11.3 Å². The fraction of sp³-hybridized carbons (Fsp3) is 0.500. The maximum atomic E-state index is 5.83. The van der Waals surface area contributed by atoms with E-state index in [1.807, 2.05) is 0 Å². The molecule has 31 heavy (non-hydrogen) atoms. The zero-order valence-electron chi connectivity index (χ0n) is 17.9. The first-order valence-corrected chi connectivity index (χ1v) is 13.2. The molecule has 7 heteroatoms. The number of likely N-dealkylation sites (tertiary alicyclic amines) is 1. The number of piperidine rings is 1. The summed E-state index contributed by atoms with van der Waals surface area (Å²) in [4.78, 5) is 2.57. The average molecular weight is 455 g/mol. The normalized spacial score (nSPS) is 20.5. The summed E-state index contributed by atoms with van der Waals surface area (Å²) in [5.74, 6) is 2.60. The van der Waals surface area contributed by atoms with Crippen molar-refractivity contribution in [3.05, 3.63) is 64.1 Å². The Balaban J connectivity index is 1.29. The highest BCUT2D eigenvalue weighted by Gasteiger charge is 2.27. The van der Waals surface area contributed by atoms with Crippen LogP contribution in [0.1, 0.15) is 48.6 Å². The molecule has 1 aromatic carbocycles. The van der Waals surface area contributed by atoms with Crippen molar-refractivity contribution in [2.45, 2.75) is 56.0 Å². The molecule has 5 nitrogen and oxygen atoms in total. The van der Waals surface area contributed by atoms with Gasteiger partial charge in [-0.05, 0) is 66.7 Å². The topological polar surface area (TPSA) is 43.2 Å². The molecule has 2 aliphatic rings. The molecule has 2 aliphatic heterocycles. The summed E-state index contributed by atoms with van der Waals surface area (Å²) in [5, 5.41) is 14.8. The number of rotatable bonds is 8. The van der Waals surface area contributed by atoms with Gasteiger partial charge in [0, 0.05) is 24.8 Å². The quantitative estimate of drug-likeness (QED) is 0.446. The molecule has 2 fully saturated rings. The summed E-state index contributed by atoms with van der Waals surface area (Å²) in [5.41, 5.74) is 2.74. The Labute approximate surface area is 192 Å². The van der Waals surface area contributed by atoms with Crippen LogP contribution in [0.15, 0.2) is 52.3 Å². The minimum atomic E-state index is 0.357. The van der Waals surface area contributed by atoms with E-state index in [9.17, 15) is 0 Å². The zero-order chi connectivity index (χ0) is 20.9. The fourth-order valence-electron chi connectivity index (χ4n) is 4.56.